The van der Waals surface area contributed by atoms with Gasteiger partial charge in [0, 0.05) is 11.1 Å². The third kappa shape index (κ3) is 3.79. The Labute approximate surface area is 122 Å². The van der Waals surface area contributed by atoms with E-state index in [9.17, 15) is 9.18 Å². The van der Waals surface area contributed by atoms with Crippen molar-refractivity contribution in [2.45, 2.75) is 20.5 Å². The minimum Gasteiger partial charge on any atom is -0.489 e. The molecule has 0 heterocycles. The Hall–Kier alpha value is -2.40. The van der Waals surface area contributed by atoms with E-state index in [0.29, 0.717) is 11.3 Å². The Morgan fingerprint density at radius 2 is 1.86 bits per heavy atom. The molecule has 0 spiro atoms. The Kier molecular flexibility index (Phi) is 4.55. The van der Waals surface area contributed by atoms with Crippen LogP contribution in [0.25, 0.3) is 0 Å². The first-order valence-electron chi connectivity index (χ1n) is 6.50. The fourth-order valence-electron chi connectivity index (χ4n) is 2.09. The monoisotopic (exact) mass is 288 g/mol. The molecule has 110 valence electrons. The number of halogens is 1. The highest BCUT2D eigenvalue weighted by molar-refractivity contribution is 5.93. The molecule has 2 aromatic carbocycles. The molecule has 0 fully saturated rings. The van der Waals surface area contributed by atoms with Crippen LogP contribution in [0.4, 0.5) is 4.39 Å². The van der Waals surface area contributed by atoms with Gasteiger partial charge >= 0.3 is 0 Å². The molecule has 0 radical (unpaired) electrons. The van der Waals surface area contributed by atoms with Crippen molar-refractivity contribution in [1.29, 1.82) is 0 Å². The number of benzene rings is 2. The van der Waals surface area contributed by atoms with Crippen molar-refractivity contribution in [1.82, 2.24) is 5.43 Å². The average molecular weight is 288 g/mol. The maximum Gasteiger partial charge on any atom is 0.265 e. The lowest BCUT2D eigenvalue weighted by atomic mass is 10.1. The van der Waals surface area contributed by atoms with Gasteiger partial charge in [0.1, 0.15) is 18.2 Å². The van der Waals surface area contributed by atoms with Gasteiger partial charge in [-0.15, -0.1) is 0 Å². The molecule has 0 unspecified atom stereocenters. The van der Waals surface area contributed by atoms with Gasteiger partial charge in [-0.05, 0) is 55.3 Å². The lowest BCUT2D eigenvalue weighted by Crippen LogP contribution is -2.30. The Morgan fingerprint density at radius 1 is 1.19 bits per heavy atom. The summed E-state index contributed by atoms with van der Waals surface area (Å²) in [6, 6.07) is 9.81. The second-order valence-corrected chi connectivity index (χ2v) is 4.89. The normalized spacial score (nSPS) is 10.3. The molecule has 0 aliphatic carbocycles. The second kappa shape index (κ2) is 6.37. The highest BCUT2D eigenvalue weighted by atomic mass is 19.1. The molecular formula is C16H17FN2O2. The maximum atomic E-state index is 13.8. The number of aryl methyl sites for hydroxylation is 2. The summed E-state index contributed by atoms with van der Waals surface area (Å²) < 4.78 is 19.4. The van der Waals surface area contributed by atoms with Crippen molar-refractivity contribution in [2.24, 2.45) is 5.84 Å². The maximum absolute atomic E-state index is 13.8. The molecule has 5 heteroatoms. The lowest BCUT2D eigenvalue weighted by molar-refractivity contribution is 0.0953. The van der Waals surface area contributed by atoms with Crippen LogP contribution in [0, 0.1) is 19.7 Å². The summed E-state index contributed by atoms with van der Waals surface area (Å²) in [4.78, 5) is 11.4. The fourth-order valence-corrected chi connectivity index (χ4v) is 2.09. The molecule has 0 saturated heterocycles. The zero-order valence-electron chi connectivity index (χ0n) is 11.9. The van der Waals surface area contributed by atoms with Gasteiger partial charge in [-0.2, -0.15) is 0 Å². The third-order valence-electron chi connectivity index (χ3n) is 3.03. The largest absolute Gasteiger partial charge is 0.489 e. The summed E-state index contributed by atoms with van der Waals surface area (Å²) in [6.45, 7) is 3.97. The van der Waals surface area contributed by atoms with E-state index in [0.717, 1.165) is 11.1 Å². The molecule has 0 atom stereocenters. The fraction of sp³-hybridized carbons (Fsp3) is 0.188. The Morgan fingerprint density at radius 3 is 2.48 bits per heavy atom. The first-order valence-corrected chi connectivity index (χ1v) is 6.50. The van der Waals surface area contributed by atoms with E-state index in [4.69, 9.17) is 10.6 Å². The SMILES string of the molecule is Cc1cc(C)cc(OCc2cc(C(=O)NN)ccc2F)c1. The average Bonchev–Trinajstić information content (AvgIpc) is 2.44. The molecule has 2 rings (SSSR count). The van der Waals surface area contributed by atoms with Crippen LogP contribution in [0.1, 0.15) is 27.0 Å². The van der Waals surface area contributed by atoms with Crippen molar-refractivity contribution in [3.63, 3.8) is 0 Å². The van der Waals surface area contributed by atoms with Crippen LogP contribution in [0.2, 0.25) is 0 Å². The van der Waals surface area contributed by atoms with E-state index in [1.54, 1.807) is 0 Å². The van der Waals surface area contributed by atoms with E-state index in [-0.39, 0.29) is 12.2 Å². The summed E-state index contributed by atoms with van der Waals surface area (Å²) >= 11 is 0. The number of carbonyl (C=O) groups is 1. The zero-order chi connectivity index (χ0) is 15.4. The Balaban J connectivity index is 2.17. The van der Waals surface area contributed by atoms with E-state index in [1.165, 1.54) is 18.2 Å². The highest BCUT2D eigenvalue weighted by Crippen LogP contribution is 2.19. The minimum absolute atomic E-state index is 0.0421. The Bertz CT molecular complexity index is 651. The molecule has 0 aliphatic heterocycles. The zero-order valence-corrected chi connectivity index (χ0v) is 11.9. The van der Waals surface area contributed by atoms with Crippen molar-refractivity contribution >= 4 is 5.91 Å². The minimum atomic E-state index is -0.470. The van der Waals surface area contributed by atoms with Gasteiger partial charge in [0.05, 0.1) is 0 Å². The number of carbonyl (C=O) groups excluding carboxylic acids is 1. The van der Waals surface area contributed by atoms with E-state index < -0.39 is 11.7 Å². The highest BCUT2D eigenvalue weighted by Gasteiger charge is 2.09. The van der Waals surface area contributed by atoms with Crippen LogP contribution in [-0.4, -0.2) is 5.91 Å². The second-order valence-electron chi connectivity index (χ2n) is 4.89. The van der Waals surface area contributed by atoms with Gasteiger partial charge in [-0.25, -0.2) is 10.2 Å². The number of amides is 1. The van der Waals surface area contributed by atoms with Gasteiger partial charge in [-0.1, -0.05) is 6.07 Å². The van der Waals surface area contributed by atoms with Gasteiger partial charge < -0.3 is 4.74 Å². The number of hydrazine groups is 1. The molecule has 3 N–H and O–H groups in total. The van der Waals surface area contributed by atoms with Gasteiger partial charge in [0.15, 0.2) is 0 Å². The van der Waals surface area contributed by atoms with Crippen LogP contribution >= 0.6 is 0 Å². The number of nitrogens with one attached hydrogen (secondary N) is 1. The number of ether oxygens (including phenoxy) is 1. The number of nitrogens with two attached hydrogens (primary N) is 1. The first-order chi connectivity index (χ1) is 9.99. The lowest BCUT2D eigenvalue weighted by Gasteiger charge is -2.10. The summed E-state index contributed by atoms with van der Waals surface area (Å²) in [5.74, 6) is 4.84. The number of hydrogen-bond donors (Lipinski definition) is 2. The molecule has 1 amide bonds. The summed E-state index contributed by atoms with van der Waals surface area (Å²) in [5, 5.41) is 0. The number of rotatable bonds is 4. The third-order valence-corrected chi connectivity index (χ3v) is 3.03. The van der Waals surface area contributed by atoms with Crippen molar-refractivity contribution in [3.05, 3.63) is 64.5 Å². The number of hydrogen-bond acceptors (Lipinski definition) is 3. The molecule has 4 nitrogen and oxygen atoms in total. The molecule has 0 aromatic heterocycles. The van der Waals surface area contributed by atoms with E-state index in [2.05, 4.69) is 0 Å². The van der Waals surface area contributed by atoms with Gasteiger partial charge in [0.25, 0.3) is 5.91 Å². The smallest absolute Gasteiger partial charge is 0.265 e. The molecule has 21 heavy (non-hydrogen) atoms. The molecule has 0 aliphatic rings. The first kappa shape index (κ1) is 15.0. The van der Waals surface area contributed by atoms with Crippen LogP contribution in [0.3, 0.4) is 0 Å². The van der Waals surface area contributed by atoms with Crippen LogP contribution in [0.5, 0.6) is 5.75 Å². The van der Waals surface area contributed by atoms with Crippen molar-refractivity contribution in [2.75, 3.05) is 0 Å². The molecule has 2 aromatic rings. The van der Waals surface area contributed by atoms with Crippen LogP contribution in [0.15, 0.2) is 36.4 Å². The van der Waals surface area contributed by atoms with Crippen molar-refractivity contribution < 1.29 is 13.9 Å². The summed E-state index contributed by atoms with van der Waals surface area (Å²) in [6.07, 6.45) is 0. The quantitative estimate of drug-likeness (QED) is 0.516. The van der Waals surface area contributed by atoms with Crippen molar-refractivity contribution in [3.8, 4) is 5.75 Å². The number of nitrogen functional groups attached to an aromatic ring is 1. The van der Waals surface area contributed by atoms with Gasteiger partial charge in [-0.3, -0.25) is 10.2 Å². The standard InChI is InChI=1S/C16H17FN2O2/c1-10-5-11(2)7-14(6-10)21-9-13-8-12(16(20)19-18)3-4-15(13)17/h3-8H,9,18H2,1-2H3,(H,19,20). The van der Waals surface area contributed by atoms with Crippen LogP contribution < -0.4 is 16.0 Å². The molecule has 0 bridgehead atoms. The van der Waals surface area contributed by atoms with E-state index >= 15 is 0 Å². The van der Waals surface area contributed by atoms with Gasteiger partial charge in [0.2, 0.25) is 0 Å². The molecule has 0 saturated carbocycles. The summed E-state index contributed by atoms with van der Waals surface area (Å²) in [5.41, 5.74) is 4.75. The molecular weight excluding hydrogens is 271 g/mol. The predicted molar refractivity (Wildman–Crippen MR) is 78.3 cm³/mol. The predicted octanol–water partition coefficient (Wildman–Crippen LogP) is 2.63. The topological polar surface area (TPSA) is 64.3 Å². The summed E-state index contributed by atoms with van der Waals surface area (Å²) in [7, 11) is 0. The van der Waals surface area contributed by atoms with Crippen LogP contribution in [-0.2, 0) is 6.61 Å². The van der Waals surface area contributed by atoms with E-state index in [1.807, 2.05) is 37.5 Å².